The minimum absolute atomic E-state index is 0.193. The number of rotatable bonds is 3. The molecular weight excluding hydrogens is 268 g/mol. The molecule has 0 saturated carbocycles. The highest BCUT2D eigenvalue weighted by Gasteiger charge is 2.27. The van der Waals surface area contributed by atoms with Gasteiger partial charge in [-0.05, 0) is 24.1 Å². The van der Waals surface area contributed by atoms with Crippen LogP contribution < -0.4 is 5.73 Å². The predicted molar refractivity (Wildman–Crippen MR) is 68.1 cm³/mol. The largest absolute Gasteiger partial charge is 0.392 e. The Balaban J connectivity index is 2.16. The SMILES string of the molecule is NCC(c1cccc(Br)c1)N1CCC(O)C1. The smallest absolute Gasteiger partial charge is 0.0679 e. The van der Waals surface area contributed by atoms with Crippen molar-refractivity contribution in [3.8, 4) is 0 Å². The lowest BCUT2D eigenvalue weighted by atomic mass is 10.1. The molecule has 88 valence electrons. The molecule has 2 rings (SSSR count). The molecule has 2 atom stereocenters. The first-order chi connectivity index (χ1) is 7.70. The molecule has 0 aromatic heterocycles. The van der Waals surface area contributed by atoms with Crippen molar-refractivity contribution in [1.82, 2.24) is 4.90 Å². The molecule has 3 nitrogen and oxygen atoms in total. The molecule has 0 aliphatic carbocycles. The minimum atomic E-state index is -0.193. The van der Waals surface area contributed by atoms with Gasteiger partial charge in [-0.2, -0.15) is 0 Å². The summed E-state index contributed by atoms with van der Waals surface area (Å²) in [6, 6.07) is 8.44. The molecule has 16 heavy (non-hydrogen) atoms. The van der Waals surface area contributed by atoms with Crippen molar-refractivity contribution in [3.05, 3.63) is 34.3 Å². The van der Waals surface area contributed by atoms with E-state index in [9.17, 15) is 5.11 Å². The summed E-state index contributed by atoms with van der Waals surface area (Å²) in [5.41, 5.74) is 7.06. The first-order valence-electron chi connectivity index (χ1n) is 5.58. The standard InChI is InChI=1S/C12H17BrN2O/c13-10-3-1-2-9(6-10)12(7-14)15-5-4-11(16)8-15/h1-3,6,11-12,16H,4-5,7-8,14H2. The fourth-order valence-electron chi connectivity index (χ4n) is 2.26. The number of nitrogens with zero attached hydrogens (tertiary/aromatic N) is 1. The summed E-state index contributed by atoms with van der Waals surface area (Å²) >= 11 is 3.47. The second-order valence-corrected chi connectivity index (χ2v) is 5.16. The third-order valence-electron chi connectivity index (χ3n) is 3.09. The Kier molecular flexibility index (Phi) is 3.97. The van der Waals surface area contributed by atoms with Crippen molar-refractivity contribution in [2.24, 2.45) is 5.73 Å². The van der Waals surface area contributed by atoms with Gasteiger partial charge in [0.05, 0.1) is 6.10 Å². The van der Waals surface area contributed by atoms with Gasteiger partial charge in [0.15, 0.2) is 0 Å². The van der Waals surface area contributed by atoms with Crippen LogP contribution in [0.3, 0.4) is 0 Å². The number of nitrogens with two attached hydrogens (primary N) is 1. The van der Waals surface area contributed by atoms with Crippen molar-refractivity contribution in [1.29, 1.82) is 0 Å². The van der Waals surface area contributed by atoms with Gasteiger partial charge in [0, 0.05) is 30.1 Å². The van der Waals surface area contributed by atoms with Gasteiger partial charge < -0.3 is 10.8 Å². The summed E-state index contributed by atoms with van der Waals surface area (Å²) in [6.07, 6.45) is 0.658. The number of hydrogen-bond donors (Lipinski definition) is 2. The Hall–Kier alpha value is -0.420. The maximum absolute atomic E-state index is 9.55. The average molecular weight is 285 g/mol. The quantitative estimate of drug-likeness (QED) is 0.885. The number of β-amino-alcohol motifs (C(OH)–C–C–N with tert-alkyl or cyclic N) is 1. The maximum Gasteiger partial charge on any atom is 0.0679 e. The molecule has 1 aliphatic heterocycles. The van der Waals surface area contributed by atoms with E-state index in [0.717, 1.165) is 24.0 Å². The van der Waals surface area contributed by atoms with Crippen LogP contribution in [-0.4, -0.2) is 35.7 Å². The first-order valence-corrected chi connectivity index (χ1v) is 6.37. The molecule has 0 spiro atoms. The van der Waals surface area contributed by atoms with Crippen LogP contribution in [0.25, 0.3) is 0 Å². The summed E-state index contributed by atoms with van der Waals surface area (Å²) in [5, 5.41) is 9.55. The van der Waals surface area contributed by atoms with Gasteiger partial charge in [-0.15, -0.1) is 0 Å². The highest BCUT2D eigenvalue weighted by molar-refractivity contribution is 9.10. The van der Waals surface area contributed by atoms with E-state index in [1.807, 2.05) is 12.1 Å². The molecule has 0 amide bonds. The van der Waals surface area contributed by atoms with Gasteiger partial charge in [-0.25, -0.2) is 0 Å². The van der Waals surface area contributed by atoms with Gasteiger partial charge in [-0.3, -0.25) is 4.90 Å². The van der Waals surface area contributed by atoms with E-state index in [4.69, 9.17) is 5.73 Å². The molecule has 1 aromatic rings. The minimum Gasteiger partial charge on any atom is -0.392 e. The maximum atomic E-state index is 9.55. The average Bonchev–Trinajstić information content (AvgIpc) is 2.66. The van der Waals surface area contributed by atoms with Crippen molar-refractivity contribution in [3.63, 3.8) is 0 Å². The molecular formula is C12H17BrN2O. The van der Waals surface area contributed by atoms with Crippen molar-refractivity contribution >= 4 is 15.9 Å². The van der Waals surface area contributed by atoms with Crippen LogP contribution in [0.15, 0.2) is 28.7 Å². The third kappa shape index (κ3) is 2.63. The zero-order valence-electron chi connectivity index (χ0n) is 9.14. The summed E-state index contributed by atoms with van der Waals surface area (Å²) < 4.78 is 1.07. The zero-order chi connectivity index (χ0) is 11.5. The highest BCUT2D eigenvalue weighted by Crippen LogP contribution is 2.26. The molecule has 2 unspecified atom stereocenters. The predicted octanol–water partition coefficient (Wildman–Crippen LogP) is 1.52. The highest BCUT2D eigenvalue weighted by atomic mass is 79.9. The summed E-state index contributed by atoms with van der Waals surface area (Å²) in [5.74, 6) is 0. The van der Waals surface area contributed by atoms with Crippen LogP contribution in [-0.2, 0) is 0 Å². The molecule has 4 heteroatoms. The number of halogens is 1. The third-order valence-corrected chi connectivity index (χ3v) is 3.59. The Labute approximate surface area is 104 Å². The molecule has 3 N–H and O–H groups in total. The fourth-order valence-corrected chi connectivity index (χ4v) is 2.68. The van der Waals surface area contributed by atoms with E-state index in [1.165, 1.54) is 5.56 Å². The number of aliphatic hydroxyl groups excluding tert-OH is 1. The molecule has 0 bridgehead atoms. The first kappa shape index (κ1) is 12.0. The van der Waals surface area contributed by atoms with E-state index in [1.54, 1.807) is 0 Å². The second kappa shape index (κ2) is 5.27. The van der Waals surface area contributed by atoms with Gasteiger partial charge in [0.2, 0.25) is 0 Å². The summed E-state index contributed by atoms with van der Waals surface area (Å²) in [4.78, 5) is 2.26. The molecule has 1 fully saturated rings. The lowest BCUT2D eigenvalue weighted by molar-refractivity contribution is 0.160. The topological polar surface area (TPSA) is 49.5 Å². The van der Waals surface area contributed by atoms with Crippen molar-refractivity contribution < 1.29 is 5.11 Å². The van der Waals surface area contributed by atoms with Gasteiger partial charge in [-0.1, -0.05) is 28.1 Å². The van der Waals surface area contributed by atoms with Crippen molar-refractivity contribution in [2.45, 2.75) is 18.6 Å². The van der Waals surface area contributed by atoms with Gasteiger partial charge in [0.25, 0.3) is 0 Å². The molecule has 0 radical (unpaired) electrons. The zero-order valence-corrected chi connectivity index (χ0v) is 10.7. The van der Waals surface area contributed by atoms with E-state index >= 15 is 0 Å². The molecule has 1 aromatic carbocycles. The number of aliphatic hydroxyl groups is 1. The van der Waals surface area contributed by atoms with Crippen LogP contribution in [0, 0.1) is 0 Å². The molecule has 1 saturated heterocycles. The van der Waals surface area contributed by atoms with Crippen LogP contribution >= 0.6 is 15.9 Å². The molecule has 1 aliphatic rings. The monoisotopic (exact) mass is 284 g/mol. The lowest BCUT2D eigenvalue weighted by Gasteiger charge is -2.26. The summed E-state index contributed by atoms with van der Waals surface area (Å²) in [7, 11) is 0. The normalized spacial score (nSPS) is 23.6. The Morgan fingerprint density at radius 2 is 2.38 bits per heavy atom. The number of likely N-dealkylation sites (tertiary alicyclic amines) is 1. The fraction of sp³-hybridized carbons (Fsp3) is 0.500. The number of benzene rings is 1. The second-order valence-electron chi connectivity index (χ2n) is 4.24. The molecule has 1 heterocycles. The Morgan fingerprint density at radius 1 is 1.56 bits per heavy atom. The van der Waals surface area contributed by atoms with Crippen LogP contribution in [0.2, 0.25) is 0 Å². The Bertz CT molecular complexity index is 359. The number of hydrogen-bond acceptors (Lipinski definition) is 3. The van der Waals surface area contributed by atoms with Crippen LogP contribution in [0.5, 0.6) is 0 Å². The van der Waals surface area contributed by atoms with Gasteiger partial charge in [0.1, 0.15) is 0 Å². The van der Waals surface area contributed by atoms with E-state index < -0.39 is 0 Å². The van der Waals surface area contributed by atoms with Crippen molar-refractivity contribution in [2.75, 3.05) is 19.6 Å². The lowest BCUT2D eigenvalue weighted by Crippen LogP contribution is -2.32. The van der Waals surface area contributed by atoms with E-state index in [-0.39, 0.29) is 12.1 Å². The van der Waals surface area contributed by atoms with E-state index in [2.05, 4.69) is 33.0 Å². The van der Waals surface area contributed by atoms with Crippen LogP contribution in [0.1, 0.15) is 18.0 Å². The summed E-state index contributed by atoms with van der Waals surface area (Å²) in [6.45, 7) is 2.24. The Morgan fingerprint density at radius 3 is 2.94 bits per heavy atom. The van der Waals surface area contributed by atoms with Gasteiger partial charge >= 0.3 is 0 Å². The van der Waals surface area contributed by atoms with E-state index in [0.29, 0.717) is 6.54 Å². The van der Waals surface area contributed by atoms with Crippen LogP contribution in [0.4, 0.5) is 0 Å².